The summed E-state index contributed by atoms with van der Waals surface area (Å²) in [5.74, 6) is -0.194. The highest BCUT2D eigenvalue weighted by molar-refractivity contribution is 5.67. The van der Waals surface area contributed by atoms with Crippen LogP contribution in [0, 0.1) is 5.82 Å². The van der Waals surface area contributed by atoms with E-state index >= 15 is 0 Å². The van der Waals surface area contributed by atoms with Gasteiger partial charge in [-0.3, -0.25) is 0 Å². The molecule has 0 radical (unpaired) electrons. The van der Waals surface area contributed by atoms with Crippen LogP contribution in [0.3, 0.4) is 0 Å². The lowest BCUT2D eigenvalue weighted by molar-refractivity contribution is 0.631. The summed E-state index contributed by atoms with van der Waals surface area (Å²) in [6.45, 7) is 0.685. The van der Waals surface area contributed by atoms with Crippen LogP contribution in [0.25, 0.3) is 11.1 Å². The number of hydrogen-bond acceptors (Lipinski definition) is 1. The molecule has 0 aliphatic carbocycles. The summed E-state index contributed by atoms with van der Waals surface area (Å²) in [7, 11) is 0. The fourth-order valence-corrected chi connectivity index (χ4v) is 2.18. The first-order valence-corrected chi connectivity index (χ1v) is 6.13. The number of benzene rings is 2. The zero-order valence-corrected chi connectivity index (χ0v) is 10.3. The molecule has 0 amide bonds. The number of hydrogen-bond donors (Lipinski definition) is 0. The fraction of sp³-hybridized carbons (Fsp3) is 0.0625. The van der Waals surface area contributed by atoms with Gasteiger partial charge in [0.1, 0.15) is 5.82 Å². The Kier molecular flexibility index (Phi) is 3.11. The SMILES string of the molecule is Fc1ccccc1-c1ccccc1Cn1ccnc1. The van der Waals surface area contributed by atoms with Gasteiger partial charge in [-0.1, -0.05) is 42.5 Å². The van der Waals surface area contributed by atoms with E-state index < -0.39 is 0 Å². The predicted octanol–water partition coefficient (Wildman–Crippen LogP) is 3.74. The second-order valence-electron chi connectivity index (χ2n) is 4.37. The maximum atomic E-state index is 13.9. The van der Waals surface area contributed by atoms with E-state index in [9.17, 15) is 4.39 Å². The Morgan fingerprint density at radius 2 is 1.68 bits per heavy atom. The van der Waals surface area contributed by atoms with Crippen molar-refractivity contribution in [3.63, 3.8) is 0 Å². The van der Waals surface area contributed by atoms with Crippen molar-refractivity contribution in [1.29, 1.82) is 0 Å². The van der Waals surface area contributed by atoms with Crippen molar-refractivity contribution in [3.05, 3.63) is 78.6 Å². The molecular weight excluding hydrogens is 239 g/mol. The van der Waals surface area contributed by atoms with Crippen molar-refractivity contribution >= 4 is 0 Å². The van der Waals surface area contributed by atoms with Gasteiger partial charge in [0.2, 0.25) is 0 Å². The van der Waals surface area contributed by atoms with Crippen molar-refractivity contribution < 1.29 is 4.39 Å². The maximum absolute atomic E-state index is 13.9. The van der Waals surface area contributed by atoms with E-state index in [-0.39, 0.29) is 5.82 Å². The van der Waals surface area contributed by atoms with Crippen LogP contribution in [-0.4, -0.2) is 9.55 Å². The molecule has 1 aromatic heterocycles. The second-order valence-corrected chi connectivity index (χ2v) is 4.37. The number of imidazole rings is 1. The Balaban J connectivity index is 2.05. The number of rotatable bonds is 3. The summed E-state index contributed by atoms with van der Waals surface area (Å²) in [4.78, 5) is 4.03. The summed E-state index contributed by atoms with van der Waals surface area (Å²) >= 11 is 0. The lowest BCUT2D eigenvalue weighted by Crippen LogP contribution is -1.99. The van der Waals surface area contributed by atoms with E-state index in [4.69, 9.17) is 0 Å². The second kappa shape index (κ2) is 5.06. The van der Waals surface area contributed by atoms with E-state index in [0.29, 0.717) is 12.1 Å². The van der Waals surface area contributed by atoms with Gasteiger partial charge < -0.3 is 4.57 Å². The van der Waals surface area contributed by atoms with Crippen LogP contribution in [0.4, 0.5) is 4.39 Å². The Morgan fingerprint density at radius 3 is 2.42 bits per heavy atom. The highest BCUT2D eigenvalue weighted by Gasteiger charge is 2.08. The molecule has 1 heterocycles. The van der Waals surface area contributed by atoms with E-state index in [1.807, 2.05) is 47.2 Å². The minimum absolute atomic E-state index is 0.194. The van der Waals surface area contributed by atoms with Gasteiger partial charge in [-0.2, -0.15) is 0 Å². The molecule has 3 rings (SSSR count). The molecule has 0 atom stereocenters. The molecule has 2 nitrogen and oxygen atoms in total. The zero-order chi connectivity index (χ0) is 13.1. The lowest BCUT2D eigenvalue weighted by atomic mass is 9.99. The van der Waals surface area contributed by atoms with E-state index in [0.717, 1.165) is 11.1 Å². The van der Waals surface area contributed by atoms with Crippen molar-refractivity contribution in [3.8, 4) is 11.1 Å². The van der Waals surface area contributed by atoms with Gasteiger partial charge in [0.05, 0.1) is 6.33 Å². The molecule has 0 bridgehead atoms. The third kappa shape index (κ3) is 2.40. The Bertz CT molecular complexity index is 675. The van der Waals surface area contributed by atoms with Gasteiger partial charge in [0, 0.05) is 24.5 Å². The molecule has 0 unspecified atom stereocenters. The van der Waals surface area contributed by atoms with Crippen LogP contribution in [0.5, 0.6) is 0 Å². The molecule has 94 valence electrons. The first-order chi connectivity index (χ1) is 9.34. The molecule has 0 spiro atoms. The topological polar surface area (TPSA) is 17.8 Å². The van der Waals surface area contributed by atoms with Gasteiger partial charge >= 0.3 is 0 Å². The third-order valence-electron chi connectivity index (χ3n) is 3.09. The Hall–Kier alpha value is -2.42. The number of nitrogens with zero attached hydrogens (tertiary/aromatic N) is 2. The van der Waals surface area contributed by atoms with E-state index in [1.165, 1.54) is 6.07 Å². The van der Waals surface area contributed by atoms with Crippen molar-refractivity contribution in [2.24, 2.45) is 0 Å². The molecule has 3 aromatic rings. The minimum Gasteiger partial charge on any atom is -0.333 e. The van der Waals surface area contributed by atoms with Crippen LogP contribution in [-0.2, 0) is 6.54 Å². The molecule has 3 heteroatoms. The maximum Gasteiger partial charge on any atom is 0.131 e. The van der Waals surface area contributed by atoms with Gasteiger partial charge in [-0.25, -0.2) is 9.37 Å². The molecule has 0 aliphatic heterocycles. The molecule has 0 fully saturated rings. The average molecular weight is 252 g/mol. The highest BCUT2D eigenvalue weighted by atomic mass is 19.1. The van der Waals surface area contributed by atoms with Gasteiger partial charge in [0.25, 0.3) is 0 Å². The normalized spacial score (nSPS) is 10.6. The van der Waals surface area contributed by atoms with Crippen LogP contribution >= 0.6 is 0 Å². The summed E-state index contributed by atoms with van der Waals surface area (Å²) in [6.07, 6.45) is 5.40. The number of halogens is 1. The predicted molar refractivity (Wildman–Crippen MR) is 73.2 cm³/mol. The highest BCUT2D eigenvalue weighted by Crippen LogP contribution is 2.26. The first-order valence-electron chi connectivity index (χ1n) is 6.13. The van der Waals surface area contributed by atoms with Crippen molar-refractivity contribution in [1.82, 2.24) is 9.55 Å². The largest absolute Gasteiger partial charge is 0.333 e. The van der Waals surface area contributed by atoms with E-state index in [1.54, 1.807) is 18.6 Å². The number of aromatic nitrogens is 2. The van der Waals surface area contributed by atoms with Crippen LogP contribution in [0.2, 0.25) is 0 Å². The third-order valence-corrected chi connectivity index (χ3v) is 3.09. The van der Waals surface area contributed by atoms with Gasteiger partial charge in [-0.05, 0) is 17.2 Å². The van der Waals surface area contributed by atoms with Crippen LogP contribution in [0.15, 0.2) is 67.3 Å². The molecule has 19 heavy (non-hydrogen) atoms. The summed E-state index contributed by atoms with van der Waals surface area (Å²) in [5.41, 5.74) is 2.64. The first kappa shape index (κ1) is 11.7. The molecule has 0 saturated carbocycles. The summed E-state index contributed by atoms with van der Waals surface area (Å²) < 4.78 is 15.9. The van der Waals surface area contributed by atoms with E-state index in [2.05, 4.69) is 4.98 Å². The summed E-state index contributed by atoms with van der Waals surface area (Å²) in [6, 6.07) is 14.7. The standard InChI is InChI=1S/C16H13FN2/c17-16-8-4-3-7-15(16)14-6-2-1-5-13(14)11-19-10-9-18-12-19/h1-10,12H,11H2. The molecule has 2 aromatic carbocycles. The average Bonchev–Trinajstić information content (AvgIpc) is 2.93. The zero-order valence-electron chi connectivity index (χ0n) is 10.3. The van der Waals surface area contributed by atoms with Crippen LogP contribution in [0.1, 0.15) is 5.56 Å². The van der Waals surface area contributed by atoms with Crippen LogP contribution < -0.4 is 0 Å². The molecule has 0 saturated heterocycles. The fourth-order valence-electron chi connectivity index (χ4n) is 2.18. The van der Waals surface area contributed by atoms with Gasteiger partial charge in [0.15, 0.2) is 0 Å². The molecular formula is C16H13FN2. The van der Waals surface area contributed by atoms with Gasteiger partial charge in [-0.15, -0.1) is 0 Å². The smallest absolute Gasteiger partial charge is 0.131 e. The molecule has 0 aliphatic rings. The lowest BCUT2D eigenvalue weighted by Gasteiger charge is -2.11. The van der Waals surface area contributed by atoms with Crippen molar-refractivity contribution in [2.75, 3.05) is 0 Å². The summed E-state index contributed by atoms with van der Waals surface area (Å²) in [5, 5.41) is 0. The van der Waals surface area contributed by atoms with Crippen molar-refractivity contribution in [2.45, 2.75) is 6.54 Å². The Labute approximate surface area is 111 Å². The quantitative estimate of drug-likeness (QED) is 0.694. The molecule has 0 N–H and O–H groups in total. The Morgan fingerprint density at radius 1 is 0.947 bits per heavy atom. The monoisotopic (exact) mass is 252 g/mol. The minimum atomic E-state index is -0.194.